The summed E-state index contributed by atoms with van der Waals surface area (Å²) in [4.78, 5) is 23.4. The van der Waals surface area contributed by atoms with Crippen LogP contribution in [0.1, 0.15) is 0 Å². The van der Waals surface area contributed by atoms with Crippen LogP contribution in [0.3, 0.4) is 0 Å². The number of hydrogen-bond donors (Lipinski definition) is 1. The van der Waals surface area contributed by atoms with Gasteiger partial charge < -0.3 is 24.3 Å². The number of halogens is 3. The second-order valence-corrected chi connectivity index (χ2v) is 5.71. The number of ether oxygens (including phenoxy) is 4. The first-order valence-electron chi connectivity index (χ1n) is 8.42. The van der Waals surface area contributed by atoms with E-state index < -0.39 is 24.7 Å². The quantitative estimate of drug-likeness (QED) is 0.504. The maximum Gasteiger partial charge on any atom is 0.422 e. The van der Waals surface area contributed by atoms with E-state index in [4.69, 9.17) is 9.47 Å². The third-order valence-electron chi connectivity index (χ3n) is 3.41. The number of nitrogens with one attached hydrogen (secondary N) is 1. The van der Waals surface area contributed by atoms with Gasteiger partial charge in [-0.15, -0.1) is 0 Å². The first-order valence-corrected chi connectivity index (χ1v) is 8.42. The molecule has 1 N–H and O–H groups in total. The number of esters is 2. The molecule has 2 aromatic rings. The molecule has 0 heterocycles. The molecular formula is C20H18F3NO6. The van der Waals surface area contributed by atoms with Gasteiger partial charge in [-0.2, -0.15) is 13.2 Å². The SMILES string of the molecule is COC(=O)/C=C(/Nc1cc(OCC(F)(F)F)cc(Oc2ccccc2)c1)C(=O)OC. The van der Waals surface area contributed by atoms with Crippen LogP contribution in [-0.2, 0) is 19.1 Å². The molecule has 0 aliphatic rings. The zero-order valence-corrected chi connectivity index (χ0v) is 16.0. The zero-order chi connectivity index (χ0) is 22.1. The van der Waals surface area contributed by atoms with Crippen molar-refractivity contribution in [1.82, 2.24) is 0 Å². The maximum absolute atomic E-state index is 12.5. The number of carbonyl (C=O) groups is 2. The van der Waals surface area contributed by atoms with Crippen LogP contribution in [0.4, 0.5) is 18.9 Å². The van der Waals surface area contributed by atoms with E-state index in [-0.39, 0.29) is 22.9 Å². The fourth-order valence-corrected chi connectivity index (χ4v) is 2.16. The topological polar surface area (TPSA) is 83.1 Å². The summed E-state index contributed by atoms with van der Waals surface area (Å²) < 4.78 is 57.1. The molecule has 7 nitrogen and oxygen atoms in total. The summed E-state index contributed by atoms with van der Waals surface area (Å²) in [5, 5.41) is 2.60. The largest absolute Gasteiger partial charge is 0.484 e. The molecule has 2 rings (SSSR count). The molecular weight excluding hydrogens is 407 g/mol. The van der Waals surface area contributed by atoms with Crippen LogP contribution in [0.15, 0.2) is 60.3 Å². The number of carbonyl (C=O) groups excluding carboxylic acids is 2. The number of benzene rings is 2. The fraction of sp³-hybridized carbons (Fsp3) is 0.200. The summed E-state index contributed by atoms with van der Waals surface area (Å²) in [7, 11) is 2.22. The van der Waals surface area contributed by atoms with Crippen LogP contribution in [0.25, 0.3) is 0 Å². The third-order valence-corrected chi connectivity index (χ3v) is 3.41. The molecule has 0 saturated heterocycles. The lowest BCUT2D eigenvalue weighted by atomic mass is 10.2. The molecule has 0 bridgehead atoms. The predicted molar refractivity (Wildman–Crippen MR) is 100 cm³/mol. The number of rotatable bonds is 8. The number of hydrogen-bond acceptors (Lipinski definition) is 7. The zero-order valence-electron chi connectivity index (χ0n) is 16.0. The molecule has 10 heteroatoms. The van der Waals surface area contributed by atoms with Crippen LogP contribution >= 0.6 is 0 Å². The van der Waals surface area contributed by atoms with Crippen molar-refractivity contribution in [3.63, 3.8) is 0 Å². The van der Waals surface area contributed by atoms with Gasteiger partial charge in [0.25, 0.3) is 0 Å². The number of para-hydroxylation sites is 1. The summed E-state index contributed by atoms with van der Waals surface area (Å²) in [5.74, 6) is -1.36. The van der Waals surface area contributed by atoms with Crippen LogP contribution in [0.2, 0.25) is 0 Å². The average Bonchev–Trinajstić information content (AvgIpc) is 2.71. The molecule has 0 aromatic heterocycles. The summed E-state index contributed by atoms with van der Waals surface area (Å²) in [5.41, 5.74) is -0.191. The van der Waals surface area contributed by atoms with E-state index in [1.54, 1.807) is 30.3 Å². The predicted octanol–water partition coefficient (Wildman–Crippen LogP) is 4.06. The van der Waals surface area contributed by atoms with Gasteiger partial charge >= 0.3 is 18.1 Å². The lowest BCUT2D eigenvalue weighted by Crippen LogP contribution is -2.19. The minimum absolute atomic E-state index is 0.112. The van der Waals surface area contributed by atoms with E-state index in [1.165, 1.54) is 18.2 Å². The van der Waals surface area contributed by atoms with Gasteiger partial charge in [-0.25, -0.2) is 9.59 Å². The number of alkyl halides is 3. The fourth-order valence-electron chi connectivity index (χ4n) is 2.16. The van der Waals surface area contributed by atoms with E-state index in [0.29, 0.717) is 5.75 Å². The Morgan fingerprint density at radius 1 is 0.967 bits per heavy atom. The van der Waals surface area contributed by atoms with Gasteiger partial charge in [0, 0.05) is 23.9 Å². The monoisotopic (exact) mass is 425 g/mol. The highest BCUT2D eigenvalue weighted by atomic mass is 19.4. The Kier molecular flexibility index (Phi) is 7.68. The van der Waals surface area contributed by atoms with Crippen molar-refractivity contribution in [1.29, 1.82) is 0 Å². The van der Waals surface area contributed by atoms with Crippen molar-refractivity contribution in [3.8, 4) is 17.2 Å². The lowest BCUT2D eigenvalue weighted by molar-refractivity contribution is -0.153. The highest BCUT2D eigenvalue weighted by Crippen LogP contribution is 2.31. The number of methoxy groups -OCH3 is 2. The Bertz CT molecular complexity index is 913. The molecule has 0 radical (unpaired) electrons. The lowest BCUT2D eigenvalue weighted by Gasteiger charge is -2.15. The Hall–Kier alpha value is -3.69. The summed E-state index contributed by atoms with van der Waals surface area (Å²) in [6.45, 7) is -1.52. The van der Waals surface area contributed by atoms with Crippen molar-refractivity contribution in [2.24, 2.45) is 0 Å². The maximum atomic E-state index is 12.5. The minimum atomic E-state index is -4.55. The van der Waals surface area contributed by atoms with Gasteiger partial charge in [-0.3, -0.25) is 0 Å². The molecule has 2 aromatic carbocycles. The van der Waals surface area contributed by atoms with Gasteiger partial charge in [0.05, 0.1) is 20.3 Å². The van der Waals surface area contributed by atoms with Crippen LogP contribution < -0.4 is 14.8 Å². The molecule has 0 spiro atoms. The first-order chi connectivity index (χ1) is 14.2. The van der Waals surface area contributed by atoms with Crippen molar-refractivity contribution in [2.75, 3.05) is 26.1 Å². The standard InChI is InChI=1S/C20H18F3NO6/c1-27-18(25)11-17(19(26)28-2)24-13-8-15(29-12-20(21,22)23)10-16(9-13)30-14-6-4-3-5-7-14/h3-11,24H,12H2,1-2H3/b17-11+. The van der Waals surface area contributed by atoms with E-state index >= 15 is 0 Å². The van der Waals surface area contributed by atoms with E-state index in [9.17, 15) is 22.8 Å². The summed E-state index contributed by atoms with van der Waals surface area (Å²) >= 11 is 0. The summed E-state index contributed by atoms with van der Waals surface area (Å²) in [6.07, 6.45) is -3.71. The first kappa shape index (κ1) is 22.6. The van der Waals surface area contributed by atoms with Gasteiger partial charge in [0.1, 0.15) is 22.9 Å². The molecule has 0 fully saturated rings. The molecule has 0 saturated carbocycles. The smallest absolute Gasteiger partial charge is 0.422 e. The van der Waals surface area contributed by atoms with E-state index in [1.807, 2.05) is 0 Å². The minimum Gasteiger partial charge on any atom is -0.484 e. The molecule has 0 amide bonds. The third kappa shape index (κ3) is 7.38. The van der Waals surface area contributed by atoms with Crippen molar-refractivity contribution in [3.05, 3.63) is 60.3 Å². The van der Waals surface area contributed by atoms with Gasteiger partial charge in [-0.05, 0) is 12.1 Å². The highest BCUT2D eigenvalue weighted by molar-refractivity contribution is 5.98. The second kappa shape index (κ2) is 10.2. The van der Waals surface area contributed by atoms with Crippen LogP contribution in [0, 0.1) is 0 Å². The van der Waals surface area contributed by atoms with Gasteiger partial charge in [0.15, 0.2) is 6.61 Å². The van der Waals surface area contributed by atoms with Crippen LogP contribution in [-0.4, -0.2) is 38.9 Å². The Labute approximate surface area is 170 Å². The Balaban J connectivity index is 2.37. The number of anilines is 1. The van der Waals surface area contributed by atoms with Crippen LogP contribution in [0.5, 0.6) is 17.2 Å². The molecule has 30 heavy (non-hydrogen) atoms. The highest BCUT2D eigenvalue weighted by Gasteiger charge is 2.28. The Morgan fingerprint density at radius 2 is 1.63 bits per heavy atom. The molecule has 0 atom stereocenters. The van der Waals surface area contributed by atoms with Crippen molar-refractivity contribution < 1.29 is 41.7 Å². The van der Waals surface area contributed by atoms with E-state index in [2.05, 4.69) is 14.8 Å². The van der Waals surface area contributed by atoms with Gasteiger partial charge in [-0.1, -0.05) is 18.2 Å². The molecule has 0 unspecified atom stereocenters. The average molecular weight is 425 g/mol. The molecule has 0 aliphatic heterocycles. The summed E-state index contributed by atoms with van der Waals surface area (Å²) in [6, 6.07) is 12.4. The second-order valence-electron chi connectivity index (χ2n) is 5.71. The van der Waals surface area contributed by atoms with Crippen molar-refractivity contribution in [2.45, 2.75) is 6.18 Å². The molecule has 0 aliphatic carbocycles. The van der Waals surface area contributed by atoms with E-state index in [0.717, 1.165) is 20.3 Å². The van der Waals surface area contributed by atoms with Gasteiger partial charge in [0.2, 0.25) is 0 Å². The van der Waals surface area contributed by atoms with Crippen molar-refractivity contribution >= 4 is 17.6 Å². The molecule has 160 valence electrons. The Morgan fingerprint density at radius 3 is 2.23 bits per heavy atom. The normalized spacial score (nSPS) is 11.4.